The van der Waals surface area contributed by atoms with Gasteiger partial charge in [0.15, 0.2) is 0 Å². The van der Waals surface area contributed by atoms with Gasteiger partial charge in [-0.25, -0.2) is 0 Å². The third-order valence-electron chi connectivity index (χ3n) is 4.83. The SMILES string of the molecule is CCC1CCCC(C(NN)c2ccc(OC)c(C)c2)C1. The molecule has 20 heavy (non-hydrogen) atoms. The third-order valence-corrected chi connectivity index (χ3v) is 4.83. The molecule has 0 aromatic heterocycles. The summed E-state index contributed by atoms with van der Waals surface area (Å²) in [7, 11) is 1.72. The summed E-state index contributed by atoms with van der Waals surface area (Å²) in [6, 6.07) is 6.66. The second kappa shape index (κ2) is 7.09. The molecule has 3 heteroatoms. The van der Waals surface area contributed by atoms with Crippen molar-refractivity contribution >= 4 is 0 Å². The van der Waals surface area contributed by atoms with Gasteiger partial charge in [-0.2, -0.15) is 0 Å². The molecule has 0 aliphatic heterocycles. The van der Waals surface area contributed by atoms with Crippen molar-refractivity contribution in [2.24, 2.45) is 17.7 Å². The van der Waals surface area contributed by atoms with Gasteiger partial charge in [-0.1, -0.05) is 38.3 Å². The molecule has 3 N–H and O–H groups in total. The van der Waals surface area contributed by atoms with Gasteiger partial charge in [0.05, 0.1) is 7.11 Å². The zero-order chi connectivity index (χ0) is 14.5. The van der Waals surface area contributed by atoms with E-state index >= 15 is 0 Å². The summed E-state index contributed by atoms with van der Waals surface area (Å²) in [6.45, 7) is 4.39. The molecular formula is C17H28N2O. The fraction of sp³-hybridized carbons (Fsp3) is 0.647. The molecule has 0 amide bonds. The zero-order valence-electron chi connectivity index (χ0n) is 13.0. The lowest BCUT2D eigenvalue weighted by Gasteiger charge is -2.34. The maximum Gasteiger partial charge on any atom is 0.121 e. The molecule has 0 bridgehead atoms. The molecule has 3 unspecified atom stereocenters. The molecule has 0 heterocycles. The number of aryl methyl sites for hydroxylation is 1. The van der Waals surface area contributed by atoms with E-state index in [9.17, 15) is 0 Å². The van der Waals surface area contributed by atoms with Crippen molar-refractivity contribution in [1.29, 1.82) is 0 Å². The highest BCUT2D eigenvalue weighted by Gasteiger charge is 2.28. The van der Waals surface area contributed by atoms with Crippen LogP contribution in [0.2, 0.25) is 0 Å². The highest BCUT2D eigenvalue weighted by atomic mass is 16.5. The van der Waals surface area contributed by atoms with Crippen molar-refractivity contribution in [3.63, 3.8) is 0 Å². The van der Waals surface area contributed by atoms with Gasteiger partial charge < -0.3 is 4.74 Å². The van der Waals surface area contributed by atoms with Gasteiger partial charge in [-0.05, 0) is 48.8 Å². The Morgan fingerprint density at radius 3 is 2.80 bits per heavy atom. The monoisotopic (exact) mass is 276 g/mol. The smallest absolute Gasteiger partial charge is 0.121 e. The molecular weight excluding hydrogens is 248 g/mol. The second-order valence-corrected chi connectivity index (χ2v) is 6.07. The molecule has 3 nitrogen and oxygen atoms in total. The minimum Gasteiger partial charge on any atom is -0.496 e. The van der Waals surface area contributed by atoms with Gasteiger partial charge in [0.2, 0.25) is 0 Å². The van der Waals surface area contributed by atoms with Crippen LogP contribution in [0.1, 0.15) is 56.2 Å². The molecule has 1 saturated carbocycles. The molecule has 2 rings (SSSR count). The molecule has 3 atom stereocenters. The van der Waals surface area contributed by atoms with Crippen LogP contribution in [0, 0.1) is 18.8 Å². The summed E-state index contributed by atoms with van der Waals surface area (Å²) < 4.78 is 5.34. The van der Waals surface area contributed by atoms with Crippen LogP contribution in [0.25, 0.3) is 0 Å². The Balaban J connectivity index is 2.16. The number of rotatable bonds is 5. The predicted octanol–water partition coefficient (Wildman–Crippen LogP) is 3.72. The number of nitrogens with two attached hydrogens (primary N) is 1. The molecule has 1 aliphatic rings. The summed E-state index contributed by atoms with van der Waals surface area (Å²) in [5, 5.41) is 0. The standard InChI is InChI=1S/C17H28N2O/c1-4-13-6-5-7-14(11-13)17(19-18)15-8-9-16(20-3)12(2)10-15/h8-10,13-14,17,19H,4-7,11,18H2,1-3H3. The molecule has 0 spiro atoms. The highest BCUT2D eigenvalue weighted by molar-refractivity contribution is 5.37. The van der Waals surface area contributed by atoms with Crippen molar-refractivity contribution in [3.05, 3.63) is 29.3 Å². The maximum absolute atomic E-state index is 5.86. The molecule has 1 aromatic rings. The number of hydrogen-bond acceptors (Lipinski definition) is 3. The van der Waals surface area contributed by atoms with Crippen LogP contribution in [-0.4, -0.2) is 7.11 Å². The van der Waals surface area contributed by atoms with Crippen molar-refractivity contribution in [3.8, 4) is 5.75 Å². The minimum atomic E-state index is 0.258. The number of hydrogen-bond donors (Lipinski definition) is 2. The van der Waals surface area contributed by atoms with Crippen LogP contribution in [0.5, 0.6) is 5.75 Å². The quantitative estimate of drug-likeness (QED) is 0.636. The van der Waals surface area contributed by atoms with Crippen molar-refractivity contribution in [2.75, 3.05) is 7.11 Å². The normalized spacial score (nSPS) is 24.4. The summed E-state index contributed by atoms with van der Waals surface area (Å²) in [5.74, 6) is 8.32. The lowest BCUT2D eigenvalue weighted by molar-refractivity contribution is 0.210. The van der Waals surface area contributed by atoms with E-state index in [1.54, 1.807) is 7.11 Å². The number of ether oxygens (including phenoxy) is 1. The number of methoxy groups -OCH3 is 1. The van der Waals surface area contributed by atoms with E-state index in [4.69, 9.17) is 10.6 Å². The lowest BCUT2D eigenvalue weighted by atomic mass is 9.75. The predicted molar refractivity (Wildman–Crippen MR) is 83.5 cm³/mol. The summed E-state index contributed by atoms with van der Waals surface area (Å²) >= 11 is 0. The van der Waals surface area contributed by atoms with Gasteiger partial charge in [0, 0.05) is 6.04 Å². The third kappa shape index (κ3) is 3.33. The van der Waals surface area contributed by atoms with E-state index in [-0.39, 0.29) is 6.04 Å². The van der Waals surface area contributed by atoms with E-state index in [1.807, 2.05) is 0 Å². The van der Waals surface area contributed by atoms with E-state index < -0.39 is 0 Å². The van der Waals surface area contributed by atoms with Gasteiger partial charge >= 0.3 is 0 Å². The topological polar surface area (TPSA) is 47.3 Å². The first-order chi connectivity index (χ1) is 9.69. The van der Waals surface area contributed by atoms with Crippen molar-refractivity contribution in [2.45, 2.75) is 52.0 Å². The number of nitrogens with one attached hydrogen (secondary N) is 1. The maximum atomic E-state index is 5.86. The Morgan fingerprint density at radius 1 is 1.40 bits per heavy atom. The second-order valence-electron chi connectivity index (χ2n) is 6.07. The van der Waals surface area contributed by atoms with Gasteiger partial charge in [0.1, 0.15) is 5.75 Å². The van der Waals surface area contributed by atoms with Crippen molar-refractivity contribution < 1.29 is 4.74 Å². The van der Waals surface area contributed by atoms with Gasteiger partial charge in [0.25, 0.3) is 0 Å². The van der Waals surface area contributed by atoms with Crippen LogP contribution in [0.4, 0.5) is 0 Å². The lowest BCUT2D eigenvalue weighted by Crippen LogP contribution is -2.35. The van der Waals surface area contributed by atoms with Crippen LogP contribution < -0.4 is 16.0 Å². The Kier molecular flexibility index (Phi) is 5.44. The van der Waals surface area contributed by atoms with Crippen LogP contribution in [-0.2, 0) is 0 Å². The van der Waals surface area contributed by atoms with Crippen molar-refractivity contribution in [1.82, 2.24) is 5.43 Å². The largest absolute Gasteiger partial charge is 0.496 e. The Morgan fingerprint density at radius 2 is 2.20 bits per heavy atom. The summed E-state index contributed by atoms with van der Waals surface area (Å²) in [4.78, 5) is 0. The van der Waals surface area contributed by atoms with Crippen LogP contribution in [0.15, 0.2) is 18.2 Å². The zero-order valence-corrected chi connectivity index (χ0v) is 13.0. The fourth-order valence-electron chi connectivity index (χ4n) is 3.61. The summed E-state index contributed by atoms with van der Waals surface area (Å²) in [5.41, 5.74) is 5.52. The first kappa shape index (κ1) is 15.3. The summed E-state index contributed by atoms with van der Waals surface area (Å²) in [6.07, 6.45) is 6.56. The molecule has 1 fully saturated rings. The van der Waals surface area contributed by atoms with E-state index in [0.29, 0.717) is 5.92 Å². The van der Waals surface area contributed by atoms with Crippen LogP contribution in [0.3, 0.4) is 0 Å². The van der Waals surface area contributed by atoms with Gasteiger partial charge in [-0.3, -0.25) is 11.3 Å². The first-order valence-corrected chi connectivity index (χ1v) is 7.80. The fourth-order valence-corrected chi connectivity index (χ4v) is 3.61. The minimum absolute atomic E-state index is 0.258. The van der Waals surface area contributed by atoms with E-state index in [2.05, 4.69) is 37.5 Å². The van der Waals surface area contributed by atoms with E-state index in [0.717, 1.165) is 11.7 Å². The van der Waals surface area contributed by atoms with Gasteiger partial charge in [-0.15, -0.1) is 0 Å². The molecule has 0 saturated heterocycles. The number of hydrazine groups is 1. The Hall–Kier alpha value is -1.06. The molecule has 112 valence electrons. The first-order valence-electron chi connectivity index (χ1n) is 7.80. The Bertz CT molecular complexity index is 433. The molecule has 1 aromatic carbocycles. The highest BCUT2D eigenvalue weighted by Crippen LogP contribution is 2.38. The van der Waals surface area contributed by atoms with E-state index in [1.165, 1.54) is 43.2 Å². The average molecular weight is 276 g/mol. The average Bonchev–Trinajstić information content (AvgIpc) is 2.48. The molecule has 0 radical (unpaired) electrons. The number of benzene rings is 1. The van der Waals surface area contributed by atoms with Crippen LogP contribution >= 0.6 is 0 Å². The molecule has 1 aliphatic carbocycles. The Labute approximate surface area is 122 Å².